The summed E-state index contributed by atoms with van der Waals surface area (Å²) in [5, 5.41) is 0. The van der Waals surface area contributed by atoms with Gasteiger partial charge in [-0.2, -0.15) is 0 Å². The Bertz CT molecular complexity index is 1090. The van der Waals surface area contributed by atoms with Crippen LogP contribution in [-0.4, -0.2) is 16.1 Å². The maximum absolute atomic E-state index is 12.6. The summed E-state index contributed by atoms with van der Waals surface area (Å²) in [7, 11) is 0. The van der Waals surface area contributed by atoms with Gasteiger partial charge in [-0.3, -0.25) is 9.59 Å². The molecule has 2 heterocycles. The number of primary amides is 1. The van der Waals surface area contributed by atoms with Crippen LogP contribution in [0.25, 0.3) is 17.7 Å². The Morgan fingerprint density at radius 1 is 1.08 bits per heavy atom. The number of carbonyl (C=O) groups is 2. The first-order chi connectivity index (χ1) is 12.1. The van der Waals surface area contributed by atoms with Crippen molar-refractivity contribution >= 4 is 40.7 Å². The van der Waals surface area contributed by atoms with Gasteiger partial charge in [0.05, 0.1) is 10.0 Å². The van der Waals surface area contributed by atoms with Gasteiger partial charge in [-0.25, -0.2) is 0 Å². The first kappa shape index (κ1) is 15.8. The van der Waals surface area contributed by atoms with Crippen LogP contribution in [-0.2, 0) is 17.6 Å². The van der Waals surface area contributed by atoms with Gasteiger partial charge < -0.3 is 10.1 Å². The second kappa shape index (κ2) is 6.33. The number of benzene rings is 1. The van der Waals surface area contributed by atoms with E-state index in [2.05, 4.69) is 10.5 Å². The lowest BCUT2D eigenvalue weighted by Crippen LogP contribution is -2.14. The summed E-state index contributed by atoms with van der Waals surface area (Å²) < 4.78 is 3.79. The van der Waals surface area contributed by atoms with Crippen LogP contribution in [0.4, 0.5) is 0 Å². The molecule has 0 radical (unpaired) electrons. The summed E-state index contributed by atoms with van der Waals surface area (Å²) in [6.45, 7) is 0. The maximum Gasteiger partial charge on any atom is 0.242 e. The van der Waals surface area contributed by atoms with Gasteiger partial charge in [0.15, 0.2) is 5.78 Å². The van der Waals surface area contributed by atoms with E-state index < -0.39 is 5.91 Å². The zero-order valence-electron chi connectivity index (χ0n) is 13.7. The lowest BCUT2D eigenvalue weighted by atomic mass is 9.98. The van der Waals surface area contributed by atoms with Gasteiger partial charge in [0, 0.05) is 23.4 Å². The number of thiazole rings is 1. The van der Waals surface area contributed by atoms with Crippen LogP contribution in [0.2, 0.25) is 0 Å². The van der Waals surface area contributed by atoms with Crippen LogP contribution in [0, 0.1) is 0 Å². The number of carbonyl (C=O) groups excluding carboxylic acids is 2. The molecule has 1 aromatic carbocycles. The van der Waals surface area contributed by atoms with E-state index in [1.165, 1.54) is 35.1 Å². The lowest BCUT2D eigenvalue weighted by molar-refractivity contribution is -0.112. The van der Waals surface area contributed by atoms with Crippen molar-refractivity contribution in [3.05, 3.63) is 62.4 Å². The molecule has 1 aliphatic carbocycles. The number of hydrogen-bond acceptors (Lipinski definition) is 3. The van der Waals surface area contributed by atoms with E-state index in [9.17, 15) is 9.59 Å². The van der Waals surface area contributed by atoms with Gasteiger partial charge in [0.1, 0.15) is 4.66 Å². The smallest absolute Gasteiger partial charge is 0.242 e. The molecule has 2 N–H and O–H groups in total. The first-order valence-corrected chi connectivity index (χ1v) is 9.19. The Morgan fingerprint density at radius 3 is 2.60 bits per heavy atom. The highest BCUT2D eigenvalue weighted by atomic mass is 32.1. The molecule has 3 aromatic rings. The van der Waals surface area contributed by atoms with E-state index in [0.29, 0.717) is 5.56 Å². The number of ketones is 1. The zero-order chi connectivity index (χ0) is 17.4. The predicted molar refractivity (Wildman–Crippen MR) is 100 cm³/mol. The monoisotopic (exact) mass is 350 g/mol. The molecular formula is C20H18N2O2S. The fourth-order valence-electron chi connectivity index (χ4n) is 3.47. The van der Waals surface area contributed by atoms with Crippen molar-refractivity contribution < 1.29 is 9.59 Å². The SMILES string of the molecule is NC(=O)/C=c1\s/c(=C\C(=O)c2ccccc2)n2c3c(cc12)CCCC3. The Labute approximate surface area is 148 Å². The summed E-state index contributed by atoms with van der Waals surface area (Å²) in [5.74, 6) is -0.503. The predicted octanol–water partition coefficient (Wildman–Crippen LogP) is 1.81. The number of fused-ring (bicyclic) bond motifs is 3. The fourth-order valence-corrected chi connectivity index (χ4v) is 4.59. The molecule has 0 fully saturated rings. The number of nitrogens with zero attached hydrogens (tertiary/aromatic N) is 1. The summed E-state index contributed by atoms with van der Waals surface area (Å²) in [5.41, 5.74) is 9.57. The molecule has 0 unspecified atom stereocenters. The average molecular weight is 350 g/mol. The van der Waals surface area contributed by atoms with E-state index >= 15 is 0 Å². The number of aromatic nitrogens is 1. The minimum Gasteiger partial charge on any atom is -0.366 e. The first-order valence-electron chi connectivity index (χ1n) is 8.38. The van der Waals surface area contributed by atoms with E-state index in [-0.39, 0.29) is 5.78 Å². The van der Waals surface area contributed by atoms with E-state index in [1.54, 1.807) is 6.08 Å². The Hall–Kier alpha value is -2.66. The third-order valence-electron chi connectivity index (χ3n) is 4.58. The lowest BCUT2D eigenvalue weighted by Gasteiger charge is -2.11. The summed E-state index contributed by atoms with van der Waals surface area (Å²) in [4.78, 5) is 24.0. The molecule has 5 heteroatoms. The summed E-state index contributed by atoms with van der Waals surface area (Å²) in [6.07, 6.45) is 7.49. The van der Waals surface area contributed by atoms with Crippen molar-refractivity contribution in [2.45, 2.75) is 25.7 Å². The van der Waals surface area contributed by atoms with Gasteiger partial charge in [-0.1, -0.05) is 30.3 Å². The molecular weight excluding hydrogens is 332 g/mol. The Morgan fingerprint density at radius 2 is 1.84 bits per heavy atom. The van der Waals surface area contributed by atoms with Crippen molar-refractivity contribution in [2.75, 3.05) is 0 Å². The van der Waals surface area contributed by atoms with Crippen LogP contribution in [0.3, 0.4) is 0 Å². The number of rotatable bonds is 3. The standard InChI is InChI=1S/C20H18N2O2S/c21-19(24)12-18-16-10-14-8-4-5-9-15(14)22(16)20(25-18)11-17(23)13-6-2-1-3-7-13/h1-3,6-7,10-12H,4-5,8-9H2,(H2,21,24)/b18-12-,20-11-. The number of amides is 1. The third-order valence-corrected chi connectivity index (χ3v) is 5.63. The van der Waals surface area contributed by atoms with Gasteiger partial charge >= 0.3 is 0 Å². The molecule has 0 saturated heterocycles. The number of aryl methyl sites for hydroxylation is 2. The highest BCUT2D eigenvalue weighted by Crippen LogP contribution is 2.23. The highest BCUT2D eigenvalue weighted by Gasteiger charge is 2.17. The molecule has 1 amide bonds. The fraction of sp³-hybridized carbons (Fsp3) is 0.200. The van der Waals surface area contributed by atoms with Gasteiger partial charge in [-0.15, -0.1) is 11.3 Å². The molecule has 126 valence electrons. The third kappa shape index (κ3) is 2.91. The van der Waals surface area contributed by atoms with Crippen molar-refractivity contribution in [1.82, 2.24) is 4.40 Å². The molecule has 2 aromatic heterocycles. The second-order valence-electron chi connectivity index (χ2n) is 6.27. The summed E-state index contributed by atoms with van der Waals surface area (Å²) >= 11 is 1.43. The van der Waals surface area contributed by atoms with E-state index in [1.807, 2.05) is 30.3 Å². The van der Waals surface area contributed by atoms with Crippen LogP contribution < -0.4 is 14.9 Å². The van der Waals surface area contributed by atoms with Crippen molar-refractivity contribution in [1.29, 1.82) is 0 Å². The molecule has 0 atom stereocenters. The normalized spacial score (nSPS) is 15.5. The quantitative estimate of drug-likeness (QED) is 0.732. The maximum atomic E-state index is 12.6. The molecule has 0 bridgehead atoms. The molecule has 0 spiro atoms. The average Bonchev–Trinajstić information content (AvgIpc) is 3.14. The molecule has 1 aliphatic rings. The zero-order valence-corrected chi connectivity index (χ0v) is 14.5. The molecule has 0 saturated carbocycles. The van der Waals surface area contributed by atoms with Crippen LogP contribution in [0.5, 0.6) is 0 Å². The topological polar surface area (TPSA) is 64.6 Å². The van der Waals surface area contributed by atoms with Crippen molar-refractivity contribution in [3.63, 3.8) is 0 Å². The number of hydrogen-bond donors (Lipinski definition) is 1. The van der Waals surface area contributed by atoms with Crippen LogP contribution in [0.15, 0.2) is 36.4 Å². The van der Waals surface area contributed by atoms with E-state index in [4.69, 9.17) is 5.73 Å². The minimum atomic E-state index is -0.469. The molecule has 4 rings (SSSR count). The number of nitrogens with two attached hydrogens (primary N) is 1. The molecule has 25 heavy (non-hydrogen) atoms. The van der Waals surface area contributed by atoms with E-state index in [0.717, 1.165) is 34.0 Å². The summed E-state index contributed by atoms with van der Waals surface area (Å²) in [6, 6.07) is 11.4. The second-order valence-corrected chi connectivity index (χ2v) is 7.33. The van der Waals surface area contributed by atoms with Crippen LogP contribution >= 0.6 is 11.3 Å². The minimum absolute atomic E-state index is 0.0346. The largest absolute Gasteiger partial charge is 0.366 e. The van der Waals surface area contributed by atoms with Crippen LogP contribution in [0.1, 0.15) is 34.5 Å². The highest BCUT2D eigenvalue weighted by molar-refractivity contribution is 7.08. The van der Waals surface area contributed by atoms with Gasteiger partial charge in [-0.05, 0) is 37.3 Å². The van der Waals surface area contributed by atoms with Gasteiger partial charge in [0.2, 0.25) is 5.91 Å². The Kier molecular flexibility index (Phi) is 4.01. The Balaban J connectivity index is 1.97. The molecule has 4 nitrogen and oxygen atoms in total. The van der Waals surface area contributed by atoms with Gasteiger partial charge in [0.25, 0.3) is 0 Å². The molecule has 0 aliphatic heterocycles. The number of Topliss-reactive ketones (excluding diaryl/α,β-unsaturated/α-hetero) is 1. The van der Waals surface area contributed by atoms with Crippen molar-refractivity contribution in [2.24, 2.45) is 5.73 Å². The van der Waals surface area contributed by atoms with Crippen molar-refractivity contribution in [3.8, 4) is 0 Å².